The van der Waals surface area contributed by atoms with Crippen molar-refractivity contribution in [2.75, 3.05) is 24.6 Å². The number of nitriles is 2. The van der Waals surface area contributed by atoms with Crippen LogP contribution in [0.3, 0.4) is 0 Å². The molecule has 40 heavy (non-hydrogen) atoms. The predicted molar refractivity (Wildman–Crippen MR) is 157 cm³/mol. The quantitative estimate of drug-likeness (QED) is 0.224. The van der Waals surface area contributed by atoms with E-state index in [4.69, 9.17) is 9.97 Å². The first-order valence-electron chi connectivity index (χ1n) is 14.2. The van der Waals surface area contributed by atoms with Crippen molar-refractivity contribution in [1.82, 2.24) is 20.6 Å². The first kappa shape index (κ1) is 29.9. The van der Waals surface area contributed by atoms with Crippen LogP contribution in [-0.4, -0.2) is 46.4 Å². The highest BCUT2D eigenvalue weighted by Crippen LogP contribution is 2.28. The van der Waals surface area contributed by atoms with E-state index >= 15 is 0 Å². The Kier molecular flexibility index (Phi) is 11.7. The molecule has 0 bridgehead atoms. The van der Waals surface area contributed by atoms with Crippen LogP contribution >= 0.6 is 23.5 Å². The van der Waals surface area contributed by atoms with Gasteiger partial charge in [-0.15, -0.1) is 23.5 Å². The van der Waals surface area contributed by atoms with Crippen LogP contribution in [0.25, 0.3) is 0 Å². The van der Waals surface area contributed by atoms with E-state index in [1.165, 1.54) is 47.5 Å². The number of rotatable bonds is 11. The van der Waals surface area contributed by atoms with Crippen molar-refractivity contribution >= 4 is 35.3 Å². The maximum Gasteiger partial charge on any atom is 0.220 e. The molecule has 2 aromatic heterocycles. The van der Waals surface area contributed by atoms with Crippen LogP contribution in [0.15, 0.2) is 22.2 Å². The van der Waals surface area contributed by atoms with Crippen molar-refractivity contribution in [3.8, 4) is 12.1 Å². The van der Waals surface area contributed by atoms with Crippen LogP contribution in [0.4, 0.5) is 0 Å². The Morgan fingerprint density at radius 3 is 1.55 bits per heavy atom. The van der Waals surface area contributed by atoms with E-state index in [1.807, 2.05) is 12.1 Å². The summed E-state index contributed by atoms with van der Waals surface area (Å²) in [6, 6.07) is 8.47. The van der Waals surface area contributed by atoms with Crippen molar-refractivity contribution < 1.29 is 9.59 Å². The Bertz CT molecular complexity index is 1200. The van der Waals surface area contributed by atoms with Gasteiger partial charge in [0.05, 0.1) is 11.1 Å². The number of carbonyl (C=O) groups is 2. The lowest BCUT2D eigenvalue weighted by molar-refractivity contribution is -0.122. The summed E-state index contributed by atoms with van der Waals surface area (Å²) < 4.78 is 0. The van der Waals surface area contributed by atoms with Gasteiger partial charge in [-0.25, -0.2) is 9.97 Å². The number of hydrogen-bond donors (Lipinski definition) is 2. The van der Waals surface area contributed by atoms with Gasteiger partial charge in [0, 0.05) is 48.8 Å². The van der Waals surface area contributed by atoms with Crippen LogP contribution in [0, 0.1) is 22.7 Å². The Labute approximate surface area is 245 Å². The molecule has 2 heterocycles. The fraction of sp³-hybridized carbons (Fsp3) is 0.533. The molecule has 2 amide bonds. The third kappa shape index (κ3) is 8.71. The van der Waals surface area contributed by atoms with Crippen molar-refractivity contribution in [1.29, 1.82) is 10.5 Å². The summed E-state index contributed by atoms with van der Waals surface area (Å²) in [5.41, 5.74) is 5.75. The number of aryl methyl sites for hydroxylation is 4. The van der Waals surface area contributed by atoms with Gasteiger partial charge < -0.3 is 10.6 Å². The topological polar surface area (TPSA) is 132 Å². The van der Waals surface area contributed by atoms with Gasteiger partial charge in [-0.2, -0.15) is 10.5 Å². The van der Waals surface area contributed by atoms with Crippen molar-refractivity contribution in [2.45, 2.75) is 87.1 Å². The molecule has 0 saturated carbocycles. The van der Waals surface area contributed by atoms with E-state index in [-0.39, 0.29) is 11.8 Å². The van der Waals surface area contributed by atoms with E-state index < -0.39 is 0 Å². The molecule has 0 aliphatic heterocycles. The molecule has 2 aromatic rings. The fourth-order valence-electron chi connectivity index (χ4n) is 5.02. The third-order valence-corrected chi connectivity index (χ3v) is 9.16. The fourth-order valence-corrected chi connectivity index (χ4v) is 6.86. The van der Waals surface area contributed by atoms with E-state index in [0.717, 1.165) is 62.8 Å². The maximum atomic E-state index is 12.3. The van der Waals surface area contributed by atoms with Gasteiger partial charge in [0.25, 0.3) is 0 Å². The van der Waals surface area contributed by atoms with E-state index in [2.05, 4.69) is 22.8 Å². The van der Waals surface area contributed by atoms with Gasteiger partial charge in [0.2, 0.25) is 11.8 Å². The van der Waals surface area contributed by atoms with E-state index in [0.29, 0.717) is 58.6 Å². The van der Waals surface area contributed by atoms with Gasteiger partial charge in [-0.3, -0.25) is 9.59 Å². The number of nitrogens with zero attached hydrogens (tertiary/aromatic N) is 4. The average Bonchev–Trinajstić information content (AvgIpc) is 3.34. The zero-order valence-electron chi connectivity index (χ0n) is 22.9. The third-order valence-electron chi connectivity index (χ3n) is 7.18. The standard InChI is InChI=1S/C30H36N6O2S2/c31-19-23-17-21-7-3-1-5-9-25(21)35-29(23)39-15-11-27(37)33-13-14-34-28(38)12-16-40-30-24(20-32)18-22-8-4-2-6-10-26(22)36-30/h17-18H,1-16H2,(H,33,37)(H,34,38). The first-order chi connectivity index (χ1) is 19.6. The lowest BCUT2D eigenvalue weighted by atomic mass is 10.1. The van der Waals surface area contributed by atoms with Crippen LogP contribution in [0.5, 0.6) is 0 Å². The van der Waals surface area contributed by atoms with Gasteiger partial charge in [-0.05, 0) is 74.6 Å². The summed E-state index contributed by atoms with van der Waals surface area (Å²) in [6.45, 7) is 0.710. The van der Waals surface area contributed by atoms with Gasteiger partial charge in [0.1, 0.15) is 22.2 Å². The van der Waals surface area contributed by atoms with E-state index in [9.17, 15) is 20.1 Å². The summed E-state index contributed by atoms with van der Waals surface area (Å²) >= 11 is 2.90. The minimum absolute atomic E-state index is 0.0936. The average molecular weight is 577 g/mol. The smallest absolute Gasteiger partial charge is 0.220 e. The molecule has 2 aliphatic carbocycles. The zero-order valence-corrected chi connectivity index (χ0v) is 24.5. The maximum absolute atomic E-state index is 12.3. The molecule has 0 unspecified atom stereocenters. The second kappa shape index (κ2) is 15.6. The zero-order chi connectivity index (χ0) is 28.2. The first-order valence-corrected chi connectivity index (χ1v) is 16.2. The van der Waals surface area contributed by atoms with Crippen LogP contribution in [0.2, 0.25) is 0 Å². The van der Waals surface area contributed by atoms with Crippen LogP contribution < -0.4 is 10.6 Å². The molecule has 0 saturated heterocycles. The molecule has 4 rings (SSSR count). The molecule has 0 atom stereocenters. The van der Waals surface area contributed by atoms with E-state index in [1.54, 1.807) is 0 Å². The highest BCUT2D eigenvalue weighted by atomic mass is 32.2. The van der Waals surface area contributed by atoms with Gasteiger partial charge >= 0.3 is 0 Å². The van der Waals surface area contributed by atoms with Gasteiger partial charge in [0.15, 0.2) is 0 Å². The summed E-state index contributed by atoms with van der Waals surface area (Å²) in [5, 5.41) is 26.2. The molecule has 0 aromatic carbocycles. The predicted octanol–water partition coefficient (Wildman–Crippen LogP) is 4.65. The van der Waals surface area contributed by atoms with Gasteiger partial charge in [-0.1, -0.05) is 12.8 Å². The van der Waals surface area contributed by atoms with Crippen molar-refractivity contribution in [3.63, 3.8) is 0 Å². The number of hydrogen-bond acceptors (Lipinski definition) is 8. The molecule has 0 spiro atoms. The largest absolute Gasteiger partial charge is 0.354 e. The second-order valence-electron chi connectivity index (χ2n) is 10.1. The number of thioether (sulfide) groups is 2. The molecular weight excluding hydrogens is 541 g/mol. The summed E-state index contributed by atoms with van der Waals surface area (Å²) in [7, 11) is 0. The molecule has 2 N–H and O–H groups in total. The number of fused-ring (bicyclic) bond motifs is 2. The Morgan fingerprint density at radius 1 is 0.700 bits per heavy atom. The Balaban J connectivity index is 1.12. The Hall–Kier alpha value is -3.08. The molecule has 8 nitrogen and oxygen atoms in total. The molecule has 10 heteroatoms. The summed E-state index contributed by atoms with van der Waals surface area (Å²) in [4.78, 5) is 34.0. The molecule has 0 radical (unpaired) electrons. The Morgan fingerprint density at radius 2 is 1.12 bits per heavy atom. The highest BCUT2D eigenvalue weighted by molar-refractivity contribution is 7.99. The number of nitrogens with one attached hydrogen (secondary N) is 2. The lowest BCUT2D eigenvalue weighted by Crippen LogP contribution is -2.34. The summed E-state index contributed by atoms with van der Waals surface area (Å²) in [5.74, 6) is 0.891. The van der Waals surface area contributed by atoms with Crippen molar-refractivity contribution in [2.24, 2.45) is 0 Å². The minimum Gasteiger partial charge on any atom is -0.354 e. The second-order valence-corrected chi connectivity index (χ2v) is 12.3. The summed E-state index contributed by atoms with van der Waals surface area (Å²) in [6.07, 6.45) is 11.4. The SMILES string of the molecule is N#Cc1cc2c(nc1SCCC(=O)NCCNC(=O)CCSc1nc3c(cc1C#N)CCCCC3)CCCCC2. The number of carbonyl (C=O) groups excluding carboxylic acids is 2. The monoisotopic (exact) mass is 576 g/mol. The highest BCUT2D eigenvalue weighted by Gasteiger charge is 2.16. The molecule has 0 fully saturated rings. The van der Waals surface area contributed by atoms with Crippen LogP contribution in [-0.2, 0) is 35.3 Å². The number of aromatic nitrogens is 2. The lowest BCUT2D eigenvalue weighted by Gasteiger charge is -2.11. The number of pyridine rings is 2. The molecule has 2 aliphatic rings. The van der Waals surface area contributed by atoms with Crippen LogP contribution in [0.1, 0.15) is 85.0 Å². The normalized spacial score (nSPS) is 14.4. The number of amides is 2. The molecular formula is C30H36N6O2S2. The van der Waals surface area contributed by atoms with Crippen molar-refractivity contribution in [3.05, 3.63) is 45.8 Å². The molecule has 210 valence electrons. The minimum atomic E-state index is -0.0936.